The molecule has 164 valence electrons. The van der Waals surface area contributed by atoms with E-state index in [-0.39, 0.29) is 5.24 Å². The molecule has 1 aromatic rings. The van der Waals surface area contributed by atoms with Crippen LogP contribution >= 0.6 is 12.2 Å². The standard InChI is InChI=1S/C21H32O7S/c1-2-3-4-5-6-10-13-25-20-18(24)19(17(23)16(14-22)27-20)28-21(29)26-15-11-8-7-9-12-15/h7-9,11-12,16-20,22-24H,2-6,10,13-14H2,1H3/t16-,17+,18-,19+,20+/m1/s1. The van der Waals surface area contributed by atoms with Crippen molar-refractivity contribution in [3.8, 4) is 5.75 Å². The van der Waals surface area contributed by atoms with Crippen LogP contribution in [0.25, 0.3) is 0 Å². The molecule has 0 saturated carbocycles. The number of aliphatic hydroxyl groups is 3. The van der Waals surface area contributed by atoms with Crippen molar-refractivity contribution in [3.05, 3.63) is 30.3 Å². The molecule has 1 saturated heterocycles. The summed E-state index contributed by atoms with van der Waals surface area (Å²) in [5, 5.41) is 30.2. The number of thiocarbonyl (C=S) groups is 1. The molecule has 0 aromatic heterocycles. The number of benzene rings is 1. The SMILES string of the molecule is CCCCCCCCO[C@H]1O[C@H](CO)[C@H](O)[C@H](OC(=S)Oc2ccccc2)[C@H]1O. The second kappa shape index (κ2) is 13.1. The molecule has 1 aliphatic rings. The largest absolute Gasteiger partial charge is 0.447 e. The summed E-state index contributed by atoms with van der Waals surface area (Å²) in [5.74, 6) is 0.475. The fraction of sp³-hybridized carbons (Fsp3) is 0.667. The van der Waals surface area contributed by atoms with E-state index in [1.54, 1.807) is 24.3 Å². The minimum atomic E-state index is -1.29. The van der Waals surface area contributed by atoms with E-state index in [4.69, 9.17) is 31.2 Å². The van der Waals surface area contributed by atoms with Gasteiger partial charge in [-0.2, -0.15) is 0 Å². The lowest BCUT2D eigenvalue weighted by Gasteiger charge is -2.41. The highest BCUT2D eigenvalue weighted by atomic mass is 32.1. The summed E-state index contributed by atoms with van der Waals surface area (Å²) in [6, 6.07) is 8.80. The number of aliphatic hydroxyl groups excluding tert-OH is 3. The molecule has 1 aliphatic heterocycles. The summed E-state index contributed by atoms with van der Waals surface area (Å²) < 4.78 is 22.1. The van der Waals surface area contributed by atoms with Crippen molar-refractivity contribution in [2.45, 2.75) is 76.2 Å². The van der Waals surface area contributed by atoms with Gasteiger partial charge in [-0.15, -0.1) is 0 Å². The Morgan fingerprint density at radius 2 is 1.72 bits per heavy atom. The maximum Gasteiger partial charge on any atom is 0.358 e. The van der Waals surface area contributed by atoms with Gasteiger partial charge in [0.05, 0.1) is 6.61 Å². The Hall–Kier alpha value is -1.29. The van der Waals surface area contributed by atoms with Gasteiger partial charge in [-0.3, -0.25) is 0 Å². The van der Waals surface area contributed by atoms with Gasteiger partial charge < -0.3 is 34.3 Å². The zero-order chi connectivity index (χ0) is 21.1. The highest BCUT2D eigenvalue weighted by Gasteiger charge is 2.47. The van der Waals surface area contributed by atoms with Crippen LogP contribution in [0.4, 0.5) is 0 Å². The first-order valence-electron chi connectivity index (χ1n) is 10.2. The number of hydrogen-bond donors (Lipinski definition) is 3. The Kier molecular flexibility index (Phi) is 10.8. The first-order chi connectivity index (χ1) is 14.1. The van der Waals surface area contributed by atoms with Crippen molar-refractivity contribution in [1.82, 2.24) is 0 Å². The third-order valence-electron chi connectivity index (χ3n) is 4.78. The molecule has 29 heavy (non-hydrogen) atoms. The van der Waals surface area contributed by atoms with Crippen LogP contribution in [-0.4, -0.2) is 64.5 Å². The van der Waals surface area contributed by atoms with E-state index >= 15 is 0 Å². The summed E-state index contributed by atoms with van der Waals surface area (Å²) in [7, 11) is 0. The van der Waals surface area contributed by atoms with Crippen LogP contribution in [-0.2, 0) is 14.2 Å². The molecule has 0 spiro atoms. The van der Waals surface area contributed by atoms with Gasteiger partial charge in [0.25, 0.3) is 0 Å². The molecular formula is C21H32O7S. The van der Waals surface area contributed by atoms with E-state index in [1.807, 2.05) is 6.07 Å². The number of unbranched alkanes of at least 4 members (excludes halogenated alkanes) is 5. The fourth-order valence-corrected chi connectivity index (χ4v) is 3.34. The number of para-hydroxylation sites is 1. The lowest BCUT2D eigenvalue weighted by Crippen LogP contribution is -2.60. The summed E-state index contributed by atoms with van der Waals surface area (Å²) in [6.07, 6.45) is 0.915. The lowest BCUT2D eigenvalue weighted by molar-refractivity contribution is -0.299. The van der Waals surface area contributed by atoms with Crippen LogP contribution in [0.5, 0.6) is 5.75 Å². The van der Waals surface area contributed by atoms with Gasteiger partial charge in [0.1, 0.15) is 24.1 Å². The zero-order valence-electron chi connectivity index (χ0n) is 16.8. The van der Waals surface area contributed by atoms with E-state index in [0.717, 1.165) is 19.3 Å². The van der Waals surface area contributed by atoms with Crippen LogP contribution in [0, 0.1) is 0 Å². The van der Waals surface area contributed by atoms with Gasteiger partial charge in [-0.25, -0.2) is 0 Å². The smallest absolute Gasteiger partial charge is 0.358 e. The second-order valence-corrected chi connectivity index (χ2v) is 7.43. The van der Waals surface area contributed by atoms with Crippen molar-refractivity contribution < 1.29 is 34.3 Å². The molecule has 0 bridgehead atoms. The normalized spacial score (nSPS) is 26.8. The topological polar surface area (TPSA) is 97.6 Å². The maximum atomic E-state index is 10.6. The Labute approximate surface area is 177 Å². The molecule has 1 aromatic carbocycles. The predicted molar refractivity (Wildman–Crippen MR) is 112 cm³/mol. The minimum absolute atomic E-state index is 0.243. The van der Waals surface area contributed by atoms with Crippen molar-refractivity contribution in [3.63, 3.8) is 0 Å². The Morgan fingerprint density at radius 3 is 2.41 bits per heavy atom. The molecule has 0 unspecified atom stereocenters. The third-order valence-corrected chi connectivity index (χ3v) is 4.96. The van der Waals surface area contributed by atoms with Crippen LogP contribution in [0.2, 0.25) is 0 Å². The number of hydrogen-bond acceptors (Lipinski definition) is 8. The average molecular weight is 429 g/mol. The zero-order valence-corrected chi connectivity index (χ0v) is 17.6. The molecular weight excluding hydrogens is 396 g/mol. The molecule has 0 radical (unpaired) electrons. The first-order valence-corrected chi connectivity index (χ1v) is 10.6. The lowest BCUT2D eigenvalue weighted by atomic mass is 9.99. The van der Waals surface area contributed by atoms with E-state index in [9.17, 15) is 15.3 Å². The van der Waals surface area contributed by atoms with Gasteiger partial charge in [-0.05, 0) is 18.6 Å². The number of ether oxygens (including phenoxy) is 4. The van der Waals surface area contributed by atoms with E-state index in [1.165, 1.54) is 19.3 Å². The quantitative estimate of drug-likeness (QED) is 0.365. The molecule has 0 amide bonds. The van der Waals surface area contributed by atoms with Crippen LogP contribution in [0.3, 0.4) is 0 Å². The van der Waals surface area contributed by atoms with Gasteiger partial charge in [0, 0.05) is 18.8 Å². The second-order valence-electron chi connectivity index (χ2n) is 7.09. The van der Waals surface area contributed by atoms with Crippen LogP contribution < -0.4 is 4.74 Å². The maximum absolute atomic E-state index is 10.6. The molecule has 3 N–H and O–H groups in total. The molecule has 8 heteroatoms. The first kappa shape index (κ1) is 24.0. The van der Waals surface area contributed by atoms with Crippen molar-refractivity contribution in [1.29, 1.82) is 0 Å². The van der Waals surface area contributed by atoms with Crippen molar-refractivity contribution >= 4 is 17.5 Å². The van der Waals surface area contributed by atoms with Gasteiger partial charge in [0.15, 0.2) is 12.4 Å². The molecule has 2 rings (SSSR count). The summed E-state index contributed by atoms with van der Waals surface area (Å²) >= 11 is 5.08. The van der Waals surface area contributed by atoms with E-state index < -0.39 is 37.3 Å². The van der Waals surface area contributed by atoms with Crippen molar-refractivity contribution in [2.24, 2.45) is 0 Å². The van der Waals surface area contributed by atoms with Gasteiger partial charge in [-0.1, -0.05) is 57.2 Å². The molecule has 0 aliphatic carbocycles. The van der Waals surface area contributed by atoms with Gasteiger partial charge in [0.2, 0.25) is 0 Å². The highest BCUT2D eigenvalue weighted by Crippen LogP contribution is 2.25. The monoisotopic (exact) mass is 428 g/mol. The molecule has 7 nitrogen and oxygen atoms in total. The Bertz CT molecular complexity index is 586. The fourth-order valence-electron chi connectivity index (χ4n) is 3.13. The highest BCUT2D eigenvalue weighted by molar-refractivity contribution is 7.79. The van der Waals surface area contributed by atoms with Crippen LogP contribution in [0.15, 0.2) is 30.3 Å². The van der Waals surface area contributed by atoms with E-state index in [0.29, 0.717) is 12.4 Å². The molecule has 1 fully saturated rings. The number of rotatable bonds is 11. The summed E-state index contributed by atoms with van der Waals surface area (Å²) in [4.78, 5) is 0. The molecule has 1 heterocycles. The van der Waals surface area contributed by atoms with Gasteiger partial charge >= 0.3 is 5.24 Å². The predicted octanol–water partition coefficient (Wildman–Crippen LogP) is 2.55. The summed E-state index contributed by atoms with van der Waals surface area (Å²) in [6.45, 7) is 2.13. The van der Waals surface area contributed by atoms with E-state index in [2.05, 4.69) is 6.92 Å². The Morgan fingerprint density at radius 1 is 1.03 bits per heavy atom. The minimum Gasteiger partial charge on any atom is -0.447 e. The average Bonchev–Trinajstić information content (AvgIpc) is 2.72. The molecule has 5 atom stereocenters. The summed E-state index contributed by atoms with van der Waals surface area (Å²) in [5.41, 5.74) is 0. The third kappa shape index (κ3) is 7.81. The van der Waals surface area contributed by atoms with Crippen LogP contribution in [0.1, 0.15) is 45.4 Å². The Balaban J connectivity index is 1.86. The van der Waals surface area contributed by atoms with Crippen molar-refractivity contribution in [2.75, 3.05) is 13.2 Å².